The van der Waals surface area contributed by atoms with Crippen molar-refractivity contribution in [3.8, 4) is 0 Å². The van der Waals surface area contributed by atoms with Crippen molar-refractivity contribution in [2.75, 3.05) is 24.6 Å². The number of hydrogen-bond acceptors (Lipinski definition) is 4. The summed E-state index contributed by atoms with van der Waals surface area (Å²) in [5.41, 5.74) is -0.696. The van der Waals surface area contributed by atoms with Gasteiger partial charge in [-0.2, -0.15) is 4.98 Å². The summed E-state index contributed by atoms with van der Waals surface area (Å²) in [7, 11) is 0. The average Bonchev–Trinajstić information content (AvgIpc) is 2.46. The fourth-order valence-electron chi connectivity index (χ4n) is 1.36. The Balaban J connectivity index is 2.01. The standard InChI is InChI=1S/C8H11FN2O2/c1-6-2-13-7(10-6)11-3-8(9,4-11)5-12/h2,12H,3-5H2,1H3. The summed E-state index contributed by atoms with van der Waals surface area (Å²) >= 11 is 0. The normalized spacial score (nSPS) is 20.1. The second kappa shape index (κ2) is 2.70. The Kier molecular flexibility index (Phi) is 1.76. The summed E-state index contributed by atoms with van der Waals surface area (Å²) < 4.78 is 18.3. The van der Waals surface area contributed by atoms with Crippen molar-refractivity contribution in [2.45, 2.75) is 12.6 Å². The molecule has 0 saturated carbocycles. The molecule has 0 aliphatic carbocycles. The van der Waals surface area contributed by atoms with Gasteiger partial charge in [-0.1, -0.05) is 0 Å². The molecule has 0 unspecified atom stereocenters. The van der Waals surface area contributed by atoms with Gasteiger partial charge < -0.3 is 14.4 Å². The van der Waals surface area contributed by atoms with E-state index in [9.17, 15) is 4.39 Å². The van der Waals surface area contributed by atoms with Crippen LogP contribution in [0.15, 0.2) is 10.7 Å². The van der Waals surface area contributed by atoms with Crippen LogP contribution in [-0.2, 0) is 0 Å². The monoisotopic (exact) mass is 186 g/mol. The van der Waals surface area contributed by atoms with Crippen molar-refractivity contribution in [3.63, 3.8) is 0 Å². The molecule has 1 N–H and O–H groups in total. The molecule has 4 nitrogen and oxygen atoms in total. The Morgan fingerprint density at radius 3 is 2.92 bits per heavy atom. The number of anilines is 1. The van der Waals surface area contributed by atoms with E-state index >= 15 is 0 Å². The van der Waals surface area contributed by atoms with Crippen LogP contribution in [0.1, 0.15) is 5.69 Å². The van der Waals surface area contributed by atoms with Crippen molar-refractivity contribution < 1.29 is 13.9 Å². The summed E-state index contributed by atoms with van der Waals surface area (Å²) in [5, 5.41) is 8.66. The number of oxazole rings is 1. The maximum absolute atomic E-state index is 13.2. The maximum atomic E-state index is 13.2. The molecule has 0 amide bonds. The molecule has 1 aliphatic rings. The fraction of sp³-hybridized carbons (Fsp3) is 0.625. The molecule has 1 aliphatic heterocycles. The molecule has 1 aromatic rings. The largest absolute Gasteiger partial charge is 0.432 e. The lowest BCUT2D eigenvalue weighted by atomic mass is 9.98. The second-order valence-electron chi connectivity index (χ2n) is 3.44. The number of aliphatic hydroxyl groups excluding tert-OH is 1. The van der Waals surface area contributed by atoms with E-state index in [1.807, 2.05) is 6.92 Å². The Bertz CT molecular complexity index is 307. The maximum Gasteiger partial charge on any atom is 0.297 e. The van der Waals surface area contributed by atoms with E-state index < -0.39 is 12.3 Å². The first-order chi connectivity index (χ1) is 6.13. The molecule has 2 rings (SSSR count). The van der Waals surface area contributed by atoms with E-state index in [0.29, 0.717) is 6.01 Å². The molecule has 0 bridgehead atoms. The van der Waals surface area contributed by atoms with Crippen LogP contribution in [0.4, 0.5) is 10.4 Å². The Labute approximate surface area is 75.0 Å². The topological polar surface area (TPSA) is 49.5 Å². The smallest absolute Gasteiger partial charge is 0.297 e. The van der Waals surface area contributed by atoms with Gasteiger partial charge in [-0.3, -0.25) is 0 Å². The first kappa shape index (κ1) is 8.50. The van der Waals surface area contributed by atoms with Gasteiger partial charge in [0.05, 0.1) is 25.4 Å². The molecular weight excluding hydrogens is 175 g/mol. The Morgan fingerprint density at radius 2 is 2.46 bits per heavy atom. The van der Waals surface area contributed by atoms with Crippen LogP contribution >= 0.6 is 0 Å². The summed E-state index contributed by atoms with van der Waals surface area (Å²) in [6, 6.07) is 0.430. The van der Waals surface area contributed by atoms with Gasteiger partial charge >= 0.3 is 0 Å². The van der Waals surface area contributed by atoms with Gasteiger partial charge in [-0.15, -0.1) is 0 Å². The quantitative estimate of drug-likeness (QED) is 0.730. The molecular formula is C8H11FN2O2. The van der Waals surface area contributed by atoms with Gasteiger partial charge in [0.15, 0.2) is 5.67 Å². The number of aliphatic hydroxyl groups is 1. The minimum Gasteiger partial charge on any atom is -0.432 e. The molecule has 1 saturated heterocycles. The lowest BCUT2D eigenvalue weighted by Gasteiger charge is -2.42. The van der Waals surface area contributed by atoms with Crippen molar-refractivity contribution in [1.29, 1.82) is 0 Å². The SMILES string of the molecule is Cc1coc(N2CC(F)(CO)C2)n1. The highest BCUT2D eigenvalue weighted by Crippen LogP contribution is 2.29. The van der Waals surface area contributed by atoms with Gasteiger partial charge in [0.2, 0.25) is 0 Å². The van der Waals surface area contributed by atoms with Crippen LogP contribution < -0.4 is 4.90 Å². The van der Waals surface area contributed by atoms with E-state index in [0.717, 1.165) is 5.69 Å². The lowest BCUT2D eigenvalue weighted by Crippen LogP contribution is -2.61. The third-order valence-corrected chi connectivity index (χ3v) is 2.11. The zero-order chi connectivity index (χ0) is 9.47. The minimum absolute atomic E-state index is 0.156. The van der Waals surface area contributed by atoms with Gasteiger partial charge in [-0.25, -0.2) is 4.39 Å². The molecule has 13 heavy (non-hydrogen) atoms. The summed E-state index contributed by atoms with van der Waals surface area (Å²) in [6.07, 6.45) is 1.52. The lowest BCUT2D eigenvalue weighted by molar-refractivity contribution is 0.0415. The van der Waals surface area contributed by atoms with Crippen molar-refractivity contribution in [3.05, 3.63) is 12.0 Å². The molecule has 72 valence electrons. The number of rotatable bonds is 2. The zero-order valence-corrected chi connectivity index (χ0v) is 7.33. The van der Waals surface area contributed by atoms with Crippen LogP contribution in [0, 0.1) is 6.92 Å². The van der Waals surface area contributed by atoms with E-state index in [1.165, 1.54) is 6.26 Å². The third-order valence-electron chi connectivity index (χ3n) is 2.11. The summed E-state index contributed by atoms with van der Waals surface area (Å²) in [6.45, 7) is 1.68. The fourth-order valence-corrected chi connectivity index (χ4v) is 1.36. The summed E-state index contributed by atoms with van der Waals surface area (Å²) in [4.78, 5) is 5.70. The molecule has 0 atom stereocenters. The highest BCUT2D eigenvalue weighted by atomic mass is 19.1. The van der Waals surface area contributed by atoms with Gasteiger partial charge in [0.1, 0.15) is 6.26 Å². The minimum atomic E-state index is -1.47. The summed E-state index contributed by atoms with van der Waals surface area (Å²) in [5.74, 6) is 0. The van der Waals surface area contributed by atoms with Crippen molar-refractivity contribution >= 4 is 6.01 Å². The molecule has 1 fully saturated rings. The number of hydrogen-bond donors (Lipinski definition) is 1. The molecule has 5 heteroatoms. The van der Waals surface area contributed by atoms with E-state index in [2.05, 4.69) is 4.98 Å². The Hall–Kier alpha value is -1.10. The Morgan fingerprint density at radius 1 is 1.77 bits per heavy atom. The van der Waals surface area contributed by atoms with Crippen LogP contribution in [0.25, 0.3) is 0 Å². The van der Waals surface area contributed by atoms with Gasteiger partial charge in [0.25, 0.3) is 6.01 Å². The number of nitrogens with zero attached hydrogens (tertiary/aromatic N) is 2. The molecule has 1 aromatic heterocycles. The average molecular weight is 186 g/mol. The van der Waals surface area contributed by atoms with Crippen LogP contribution in [0.3, 0.4) is 0 Å². The number of alkyl halides is 1. The molecule has 0 radical (unpaired) electrons. The zero-order valence-electron chi connectivity index (χ0n) is 7.33. The third kappa shape index (κ3) is 1.39. The highest BCUT2D eigenvalue weighted by molar-refractivity contribution is 5.35. The van der Waals surface area contributed by atoms with Crippen LogP contribution in [-0.4, -0.2) is 35.5 Å². The van der Waals surface area contributed by atoms with Crippen molar-refractivity contribution in [1.82, 2.24) is 4.98 Å². The number of halogens is 1. The van der Waals surface area contributed by atoms with E-state index in [4.69, 9.17) is 9.52 Å². The predicted molar refractivity (Wildman–Crippen MR) is 44.4 cm³/mol. The van der Waals surface area contributed by atoms with Gasteiger partial charge in [0, 0.05) is 0 Å². The van der Waals surface area contributed by atoms with Gasteiger partial charge in [-0.05, 0) is 6.92 Å². The number of aryl methyl sites for hydroxylation is 1. The van der Waals surface area contributed by atoms with E-state index in [1.54, 1.807) is 4.90 Å². The molecule has 2 heterocycles. The molecule has 0 spiro atoms. The first-order valence-electron chi connectivity index (χ1n) is 4.10. The molecule has 0 aromatic carbocycles. The number of aromatic nitrogens is 1. The second-order valence-corrected chi connectivity index (χ2v) is 3.44. The van der Waals surface area contributed by atoms with Crippen molar-refractivity contribution in [2.24, 2.45) is 0 Å². The highest BCUT2D eigenvalue weighted by Gasteiger charge is 2.44. The predicted octanol–water partition coefficient (Wildman–Crippen LogP) is 0.504. The van der Waals surface area contributed by atoms with E-state index in [-0.39, 0.29) is 13.1 Å². The first-order valence-corrected chi connectivity index (χ1v) is 4.10. The van der Waals surface area contributed by atoms with Crippen LogP contribution in [0.2, 0.25) is 0 Å². The van der Waals surface area contributed by atoms with Crippen LogP contribution in [0.5, 0.6) is 0 Å².